The van der Waals surface area contributed by atoms with Gasteiger partial charge in [0.2, 0.25) is 0 Å². The van der Waals surface area contributed by atoms with Crippen molar-refractivity contribution in [1.29, 1.82) is 0 Å². The molecular formula is C9H7ClF2O2. The Bertz CT molecular complexity index is 391. The van der Waals surface area contributed by atoms with Crippen LogP contribution >= 0.6 is 11.6 Å². The van der Waals surface area contributed by atoms with E-state index in [2.05, 4.69) is 4.74 Å². The first-order valence-electron chi connectivity index (χ1n) is 3.71. The largest absolute Gasteiger partial charge is 0.496 e. The number of hydrogen-bond acceptors (Lipinski definition) is 2. The van der Waals surface area contributed by atoms with Crippen molar-refractivity contribution < 1.29 is 18.3 Å². The third-order valence-electron chi connectivity index (χ3n) is 1.70. The maximum Gasteiger partial charge on any atom is 0.166 e. The van der Waals surface area contributed by atoms with E-state index in [1.165, 1.54) is 7.11 Å². The molecule has 0 aliphatic carbocycles. The molecule has 0 amide bonds. The lowest BCUT2D eigenvalue weighted by molar-refractivity contribution is 0.101. The highest BCUT2D eigenvalue weighted by Crippen LogP contribution is 2.30. The van der Waals surface area contributed by atoms with Crippen LogP contribution in [0, 0.1) is 11.6 Å². The fourth-order valence-electron chi connectivity index (χ4n) is 1.06. The molecule has 0 unspecified atom stereocenters. The number of methoxy groups -OCH3 is 1. The van der Waals surface area contributed by atoms with E-state index in [0.29, 0.717) is 0 Å². The van der Waals surface area contributed by atoms with Crippen molar-refractivity contribution in [3.63, 3.8) is 0 Å². The Morgan fingerprint density at radius 3 is 2.50 bits per heavy atom. The van der Waals surface area contributed by atoms with Gasteiger partial charge in [-0.2, -0.15) is 0 Å². The van der Waals surface area contributed by atoms with Gasteiger partial charge >= 0.3 is 0 Å². The first-order chi connectivity index (χ1) is 6.49. The summed E-state index contributed by atoms with van der Waals surface area (Å²) in [5, 5.41) is -0.698. The van der Waals surface area contributed by atoms with Gasteiger partial charge in [-0.25, -0.2) is 8.78 Å². The summed E-state index contributed by atoms with van der Waals surface area (Å²) in [5.74, 6) is -2.76. The van der Waals surface area contributed by atoms with Gasteiger partial charge in [0, 0.05) is 6.07 Å². The van der Waals surface area contributed by atoms with Crippen molar-refractivity contribution in [3.8, 4) is 5.75 Å². The second-order valence-corrected chi connectivity index (χ2v) is 3.00. The molecule has 5 heteroatoms. The lowest BCUT2D eigenvalue weighted by Gasteiger charge is -2.08. The molecule has 0 aliphatic heterocycles. The number of rotatable bonds is 2. The Labute approximate surface area is 84.4 Å². The monoisotopic (exact) mass is 220 g/mol. The van der Waals surface area contributed by atoms with Crippen molar-refractivity contribution >= 4 is 17.4 Å². The molecule has 0 fully saturated rings. The summed E-state index contributed by atoms with van der Waals surface area (Å²) >= 11 is 5.30. The SMILES string of the molecule is COc1cc(F)c(Cl)c(F)c1C(C)=O. The van der Waals surface area contributed by atoms with Crippen LogP contribution < -0.4 is 4.74 Å². The third kappa shape index (κ3) is 1.70. The minimum Gasteiger partial charge on any atom is -0.496 e. The molecule has 0 spiro atoms. The van der Waals surface area contributed by atoms with Crippen LogP contribution in [0.2, 0.25) is 5.02 Å². The first kappa shape index (κ1) is 10.9. The van der Waals surface area contributed by atoms with E-state index in [0.717, 1.165) is 13.0 Å². The molecule has 0 radical (unpaired) electrons. The number of benzene rings is 1. The molecule has 2 nitrogen and oxygen atoms in total. The smallest absolute Gasteiger partial charge is 0.166 e. The lowest BCUT2D eigenvalue weighted by Crippen LogP contribution is -2.03. The molecule has 76 valence electrons. The molecule has 0 bridgehead atoms. The summed E-state index contributed by atoms with van der Waals surface area (Å²) in [7, 11) is 1.22. The Morgan fingerprint density at radius 2 is 2.07 bits per heavy atom. The second kappa shape index (κ2) is 3.92. The standard InChI is InChI=1S/C9H7ClF2O2/c1-4(13)7-6(14-2)3-5(11)8(10)9(7)12/h3H,1-2H3. The molecule has 14 heavy (non-hydrogen) atoms. The van der Waals surface area contributed by atoms with Crippen LogP contribution in [-0.2, 0) is 0 Å². The number of halogens is 3. The van der Waals surface area contributed by atoms with E-state index in [9.17, 15) is 13.6 Å². The van der Waals surface area contributed by atoms with Crippen LogP contribution in [0.4, 0.5) is 8.78 Å². The predicted octanol–water partition coefficient (Wildman–Crippen LogP) is 2.83. The zero-order chi connectivity index (χ0) is 10.9. The molecule has 0 saturated carbocycles. The summed E-state index contributed by atoms with van der Waals surface area (Å²) in [4.78, 5) is 11.0. The number of carbonyl (C=O) groups excluding carboxylic acids is 1. The summed E-state index contributed by atoms with van der Waals surface area (Å²) in [6.45, 7) is 1.15. The van der Waals surface area contributed by atoms with E-state index in [4.69, 9.17) is 11.6 Å². The van der Waals surface area contributed by atoms with Crippen LogP contribution in [0.15, 0.2) is 6.07 Å². The van der Waals surface area contributed by atoms with Gasteiger partial charge in [0.05, 0.1) is 12.7 Å². The van der Waals surface area contributed by atoms with Gasteiger partial charge in [-0.3, -0.25) is 4.79 Å². The molecular weight excluding hydrogens is 214 g/mol. The van der Waals surface area contributed by atoms with Gasteiger partial charge in [0.25, 0.3) is 0 Å². The normalized spacial score (nSPS) is 10.1. The number of ether oxygens (including phenoxy) is 1. The van der Waals surface area contributed by atoms with Gasteiger partial charge in [-0.1, -0.05) is 11.6 Å². The van der Waals surface area contributed by atoms with Crippen LogP contribution in [-0.4, -0.2) is 12.9 Å². The Kier molecular flexibility index (Phi) is 3.06. The third-order valence-corrected chi connectivity index (χ3v) is 2.04. The average Bonchev–Trinajstić information content (AvgIpc) is 2.12. The van der Waals surface area contributed by atoms with E-state index in [-0.39, 0.29) is 11.3 Å². The number of Topliss-reactive ketones (excluding diaryl/α,β-unsaturated/α-hetero) is 1. The van der Waals surface area contributed by atoms with Crippen molar-refractivity contribution in [3.05, 3.63) is 28.3 Å². The van der Waals surface area contributed by atoms with Crippen molar-refractivity contribution in [2.45, 2.75) is 6.92 Å². The molecule has 0 saturated heterocycles. The van der Waals surface area contributed by atoms with Gasteiger partial charge in [-0.15, -0.1) is 0 Å². The molecule has 1 aromatic carbocycles. The number of hydrogen-bond donors (Lipinski definition) is 0. The van der Waals surface area contributed by atoms with E-state index >= 15 is 0 Å². The van der Waals surface area contributed by atoms with E-state index in [1.807, 2.05) is 0 Å². The molecule has 0 aliphatic rings. The van der Waals surface area contributed by atoms with Crippen LogP contribution in [0.1, 0.15) is 17.3 Å². The van der Waals surface area contributed by atoms with Gasteiger partial charge in [-0.05, 0) is 6.92 Å². The average molecular weight is 221 g/mol. The maximum atomic E-state index is 13.3. The minimum atomic E-state index is -1.09. The highest BCUT2D eigenvalue weighted by Gasteiger charge is 2.20. The summed E-state index contributed by atoms with van der Waals surface area (Å²) in [5.41, 5.74) is -0.334. The van der Waals surface area contributed by atoms with Crippen molar-refractivity contribution in [2.75, 3.05) is 7.11 Å². The number of carbonyl (C=O) groups is 1. The van der Waals surface area contributed by atoms with Crippen molar-refractivity contribution in [1.82, 2.24) is 0 Å². The highest BCUT2D eigenvalue weighted by molar-refractivity contribution is 6.31. The number of ketones is 1. The minimum absolute atomic E-state index is 0.156. The van der Waals surface area contributed by atoms with Crippen LogP contribution in [0.3, 0.4) is 0 Å². The fourth-order valence-corrected chi connectivity index (χ4v) is 1.21. The molecule has 0 N–H and O–H groups in total. The predicted molar refractivity (Wildman–Crippen MR) is 47.9 cm³/mol. The lowest BCUT2D eigenvalue weighted by atomic mass is 10.1. The van der Waals surface area contributed by atoms with Crippen LogP contribution in [0.5, 0.6) is 5.75 Å². The Hall–Kier alpha value is -1.16. The Balaban J connectivity index is 3.53. The molecule has 0 atom stereocenters. The molecule has 1 rings (SSSR count). The summed E-state index contributed by atoms with van der Waals surface area (Å²) in [6.07, 6.45) is 0. The highest BCUT2D eigenvalue weighted by atomic mass is 35.5. The van der Waals surface area contributed by atoms with Gasteiger partial charge in [0.1, 0.15) is 16.6 Å². The van der Waals surface area contributed by atoms with Gasteiger partial charge < -0.3 is 4.74 Å². The fraction of sp³-hybridized carbons (Fsp3) is 0.222. The van der Waals surface area contributed by atoms with E-state index in [1.54, 1.807) is 0 Å². The summed E-state index contributed by atoms with van der Waals surface area (Å²) < 4.78 is 30.9. The van der Waals surface area contributed by atoms with Crippen molar-refractivity contribution in [2.24, 2.45) is 0 Å². The Morgan fingerprint density at radius 1 is 1.50 bits per heavy atom. The summed E-state index contributed by atoms with van der Waals surface area (Å²) in [6, 6.07) is 0.877. The topological polar surface area (TPSA) is 26.3 Å². The second-order valence-electron chi connectivity index (χ2n) is 2.62. The quantitative estimate of drug-likeness (QED) is 0.566. The first-order valence-corrected chi connectivity index (χ1v) is 4.09. The van der Waals surface area contributed by atoms with Gasteiger partial charge in [0.15, 0.2) is 11.6 Å². The molecule has 1 aromatic rings. The molecule has 0 heterocycles. The zero-order valence-corrected chi connectivity index (χ0v) is 8.28. The zero-order valence-electron chi connectivity index (χ0n) is 7.53. The maximum absolute atomic E-state index is 13.3. The van der Waals surface area contributed by atoms with Crippen LogP contribution in [0.25, 0.3) is 0 Å². The molecule has 0 aromatic heterocycles. The van der Waals surface area contributed by atoms with E-state index < -0.39 is 22.4 Å².